The second-order valence-electron chi connectivity index (χ2n) is 9.87. The van der Waals surface area contributed by atoms with Gasteiger partial charge in [0.25, 0.3) is 0 Å². The second kappa shape index (κ2) is 12.9. The quantitative estimate of drug-likeness (QED) is 0.370. The number of nitrogens with two attached hydrogens (primary N) is 1. The predicted molar refractivity (Wildman–Crippen MR) is 138 cm³/mol. The maximum atomic E-state index is 13.5. The van der Waals surface area contributed by atoms with E-state index in [1.165, 1.54) is 0 Å². The monoisotopic (exact) mass is 513 g/mol. The van der Waals surface area contributed by atoms with Crippen molar-refractivity contribution in [3.63, 3.8) is 0 Å². The highest BCUT2D eigenvalue weighted by molar-refractivity contribution is 5.79. The molecule has 1 fully saturated rings. The number of hydrogen-bond acceptors (Lipinski definition) is 7. The Balaban J connectivity index is 1.56. The fourth-order valence-corrected chi connectivity index (χ4v) is 5.46. The summed E-state index contributed by atoms with van der Waals surface area (Å²) >= 11 is 0. The number of carbonyl (C=O) groups excluding carboxylic acids is 1. The molecule has 1 amide bonds. The summed E-state index contributed by atoms with van der Waals surface area (Å²) in [5.41, 5.74) is 6.56. The Hall–Kier alpha value is -3.11. The normalized spacial score (nSPS) is 20.9. The van der Waals surface area contributed by atoms with Gasteiger partial charge in [0.2, 0.25) is 12.7 Å². The van der Waals surface area contributed by atoms with Gasteiger partial charge in [-0.2, -0.15) is 5.10 Å². The summed E-state index contributed by atoms with van der Waals surface area (Å²) in [4.78, 5) is 30.2. The van der Waals surface area contributed by atoms with Crippen LogP contribution in [0, 0.1) is 5.92 Å². The molecular weight excluding hydrogens is 474 g/mol. The van der Waals surface area contributed by atoms with E-state index in [0.29, 0.717) is 50.6 Å². The van der Waals surface area contributed by atoms with E-state index in [1.807, 2.05) is 40.0 Å². The highest BCUT2D eigenvalue weighted by Gasteiger charge is 2.47. The third kappa shape index (κ3) is 6.61. The van der Waals surface area contributed by atoms with E-state index >= 15 is 0 Å². The van der Waals surface area contributed by atoms with Gasteiger partial charge in [-0.15, -0.1) is 0 Å². The number of hydrogen-bond donors (Lipinski definition) is 2. The van der Waals surface area contributed by atoms with E-state index in [9.17, 15) is 14.7 Å². The smallest absolute Gasteiger partial charge is 0.308 e. The van der Waals surface area contributed by atoms with Crippen LogP contribution in [0.2, 0.25) is 0 Å². The third-order valence-corrected chi connectivity index (χ3v) is 7.43. The summed E-state index contributed by atoms with van der Waals surface area (Å²) in [6.07, 6.45) is 7.85. The molecule has 3 atom stereocenters. The Bertz CT molecular complexity index is 1030. The zero-order valence-electron chi connectivity index (χ0n) is 21.6. The highest BCUT2D eigenvalue weighted by atomic mass is 16.7. The van der Waals surface area contributed by atoms with Crippen molar-refractivity contribution in [3.05, 3.63) is 42.2 Å². The maximum Gasteiger partial charge on any atom is 0.308 e. The number of carbonyl (C=O) groups is 2. The van der Waals surface area contributed by atoms with Crippen molar-refractivity contribution < 1.29 is 24.2 Å². The van der Waals surface area contributed by atoms with Crippen molar-refractivity contribution >= 4 is 11.9 Å². The molecule has 10 nitrogen and oxygen atoms in total. The standard InChI is InChI=1S/C27H39N5O5/c1-2-3-12-30(13-5-4-10-28)25(33)18-31-17-21(20-7-8-23-24(16-20)37-19-36-23)26(27(34)35)22(31)9-15-32-14-6-11-29-32/h6-8,11,14,16,21-22,26H,2-5,9-10,12-13,15,17-19,28H2,1H3,(H,34,35)/t21-,22+,26-/m1/s1. The Kier molecular flexibility index (Phi) is 9.40. The molecule has 2 aliphatic heterocycles. The molecule has 1 aromatic carbocycles. The first-order chi connectivity index (χ1) is 18.0. The molecule has 0 aliphatic carbocycles. The number of aliphatic carboxylic acids is 1. The van der Waals surface area contributed by atoms with Gasteiger partial charge >= 0.3 is 5.97 Å². The Morgan fingerprint density at radius 3 is 2.73 bits per heavy atom. The number of nitrogens with zero attached hydrogens (tertiary/aromatic N) is 4. The molecule has 3 heterocycles. The highest BCUT2D eigenvalue weighted by Crippen LogP contribution is 2.42. The van der Waals surface area contributed by atoms with Gasteiger partial charge in [-0.1, -0.05) is 19.4 Å². The largest absolute Gasteiger partial charge is 0.481 e. The number of benzene rings is 1. The number of fused-ring (bicyclic) bond motifs is 1. The summed E-state index contributed by atoms with van der Waals surface area (Å²) in [6.45, 7) is 5.52. The van der Waals surface area contributed by atoms with Gasteiger partial charge in [0.15, 0.2) is 11.5 Å². The summed E-state index contributed by atoms with van der Waals surface area (Å²) in [5, 5.41) is 14.7. The lowest BCUT2D eigenvalue weighted by molar-refractivity contribution is -0.144. The van der Waals surface area contributed by atoms with Gasteiger partial charge in [-0.25, -0.2) is 0 Å². The minimum Gasteiger partial charge on any atom is -0.481 e. The van der Waals surface area contributed by atoms with Crippen molar-refractivity contribution in [2.75, 3.05) is 39.5 Å². The third-order valence-electron chi connectivity index (χ3n) is 7.43. The van der Waals surface area contributed by atoms with Crippen LogP contribution in [0.15, 0.2) is 36.7 Å². The molecule has 0 unspecified atom stereocenters. The summed E-state index contributed by atoms with van der Waals surface area (Å²) in [7, 11) is 0. The number of aromatic nitrogens is 2. The molecule has 0 radical (unpaired) electrons. The van der Waals surface area contributed by atoms with Crippen molar-refractivity contribution in [1.82, 2.24) is 19.6 Å². The summed E-state index contributed by atoms with van der Waals surface area (Å²) in [6, 6.07) is 7.20. The van der Waals surface area contributed by atoms with E-state index in [4.69, 9.17) is 15.2 Å². The lowest BCUT2D eigenvalue weighted by Crippen LogP contribution is -2.45. The van der Waals surface area contributed by atoms with Crippen LogP contribution in [0.25, 0.3) is 0 Å². The van der Waals surface area contributed by atoms with Crippen molar-refractivity contribution in [2.24, 2.45) is 11.7 Å². The van der Waals surface area contributed by atoms with Gasteiger partial charge in [0.1, 0.15) is 0 Å². The molecule has 1 saturated heterocycles. The minimum absolute atomic E-state index is 0.0463. The molecule has 202 valence electrons. The summed E-state index contributed by atoms with van der Waals surface area (Å²) < 4.78 is 12.8. The number of likely N-dealkylation sites (tertiary alicyclic amines) is 1. The van der Waals surface area contributed by atoms with E-state index in [2.05, 4.69) is 16.9 Å². The van der Waals surface area contributed by atoms with Crippen LogP contribution in [-0.4, -0.2) is 82.1 Å². The Morgan fingerprint density at radius 1 is 1.19 bits per heavy atom. The molecule has 4 rings (SSSR count). The van der Waals surface area contributed by atoms with Crippen LogP contribution < -0.4 is 15.2 Å². The predicted octanol–water partition coefficient (Wildman–Crippen LogP) is 2.54. The number of aryl methyl sites for hydroxylation is 1. The first kappa shape index (κ1) is 26.9. The summed E-state index contributed by atoms with van der Waals surface area (Å²) in [5.74, 6) is -0.442. The molecule has 37 heavy (non-hydrogen) atoms. The number of amides is 1. The van der Waals surface area contributed by atoms with Crippen molar-refractivity contribution in [1.29, 1.82) is 0 Å². The maximum absolute atomic E-state index is 13.5. The molecule has 0 saturated carbocycles. The molecule has 10 heteroatoms. The fraction of sp³-hybridized carbons (Fsp3) is 0.593. The van der Waals surface area contributed by atoms with Crippen LogP contribution in [0.3, 0.4) is 0 Å². The van der Waals surface area contributed by atoms with Crippen molar-refractivity contribution in [3.8, 4) is 11.5 Å². The van der Waals surface area contributed by atoms with Gasteiger partial charge in [-0.3, -0.25) is 19.2 Å². The average molecular weight is 514 g/mol. The van der Waals surface area contributed by atoms with E-state index in [1.54, 1.807) is 6.20 Å². The van der Waals surface area contributed by atoms with E-state index in [-0.39, 0.29) is 31.2 Å². The lowest BCUT2D eigenvalue weighted by Gasteiger charge is -2.29. The van der Waals surface area contributed by atoms with Crippen LogP contribution in [0.5, 0.6) is 11.5 Å². The number of carboxylic acids is 1. The van der Waals surface area contributed by atoms with Crippen molar-refractivity contribution in [2.45, 2.75) is 57.5 Å². The van der Waals surface area contributed by atoms with Crippen LogP contribution >= 0.6 is 0 Å². The topological polar surface area (TPSA) is 123 Å². The number of carboxylic acid groups (broad SMARTS) is 1. The molecule has 3 N–H and O–H groups in total. The lowest BCUT2D eigenvalue weighted by atomic mass is 9.84. The van der Waals surface area contributed by atoms with Gasteiger partial charge in [-0.05, 0) is 56.0 Å². The zero-order valence-corrected chi connectivity index (χ0v) is 21.6. The van der Waals surface area contributed by atoms with E-state index in [0.717, 1.165) is 31.2 Å². The molecule has 2 aliphatic rings. The first-order valence-electron chi connectivity index (χ1n) is 13.3. The fourth-order valence-electron chi connectivity index (χ4n) is 5.46. The molecule has 1 aromatic heterocycles. The van der Waals surface area contributed by atoms with Crippen LogP contribution in [-0.2, 0) is 16.1 Å². The van der Waals surface area contributed by atoms with Gasteiger partial charge in [0.05, 0.1) is 12.5 Å². The van der Waals surface area contributed by atoms with Crippen LogP contribution in [0.1, 0.15) is 50.5 Å². The minimum atomic E-state index is -0.853. The molecule has 2 aromatic rings. The second-order valence-corrected chi connectivity index (χ2v) is 9.87. The number of unbranched alkanes of at least 4 members (excludes halogenated alkanes) is 2. The van der Waals surface area contributed by atoms with Gasteiger partial charge < -0.3 is 25.2 Å². The Labute approximate surface area is 218 Å². The molecule has 0 bridgehead atoms. The van der Waals surface area contributed by atoms with Crippen LogP contribution in [0.4, 0.5) is 0 Å². The molecule has 0 spiro atoms. The Morgan fingerprint density at radius 2 is 2.00 bits per heavy atom. The average Bonchev–Trinajstić information content (AvgIpc) is 3.64. The van der Waals surface area contributed by atoms with Gasteiger partial charge in [0, 0.05) is 50.5 Å². The number of ether oxygens (including phenoxy) is 2. The number of rotatable bonds is 14. The SMILES string of the molecule is CCCCN(CCCCN)C(=O)CN1C[C@H](c2ccc3c(c2)OCO3)[C@@H](C(=O)O)[C@@H]1CCn1cccn1. The van der Waals surface area contributed by atoms with E-state index < -0.39 is 11.9 Å². The first-order valence-corrected chi connectivity index (χ1v) is 13.3. The zero-order chi connectivity index (χ0) is 26.2. The molecular formula is C27H39N5O5.